The Morgan fingerprint density at radius 3 is 2.52 bits per heavy atom. The van der Waals surface area contributed by atoms with Crippen LogP contribution in [0, 0.1) is 0 Å². The van der Waals surface area contributed by atoms with E-state index in [1.54, 1.807) is 0 Å². The molecule has 3 fully saturated rings. The van der Waals surface area contributed by atoms with Crippen LogP contribution < -0.4 is 11.3 Å². The van der Waals surface area contributed by atoms with Gasteiger partial charge in [0.25, 0.3) is 5.56 Å². The van der Waals surface area contributed by atoms with Crippen molar-refractivity contribution in [2.45, 2.75) is 49.0 Å². The maximum atomic E-state index is 16.0. The minimum absolute atomic E-state index is 0.0377. The molecule has 9 atom stereocenters. The Bertz CT molecular complexity index is 1830. The van der Waals surface area contributed by atoms with Crippen molar-refractivity contribution >= 4 is 43.6 Å². The molecule has 3 aliphatic rings. The average molecular weight is 629 g/mol. The Hall–Kier alpha value is -3.19. The number of hydrogen-bond acceptors (Lipinski definition) is 14. The number of fused-ring (bicyclic) bond motifs is 4. The molecule has 0 aromatic carbocycles. The van der Waals surface area contributed by atoms with Crippen LogP contribution in [0.2, 0.25) is 0 Å². The summed E-state index contributed by atoms with van der Waals surface area (Å²) >= 11 is 0. The number of aromatic amines is 1. The molecule has 19 nitrogen and oxygen atoms in total. The first kappa shape index (κ1) is 27.6. The van der Waals surface area contributed by atoms with E-state index in [0.29, 0.717) is 11.2 Å². The SMILES string of the molecule is Nc1ncnc2c1ncn2C1C[C@@H]2OP(=O)(O)OCC3OC(n4cnc5c(=O)[nH]cnc54)[C@H](F)[C@@H]3P(=O)(O)OCC2O1. The van der Waals surface area contributed by atoms with E-state index >= 15 is 4.39 Å². The molecule has 0 spiro atoms. The second kappa shape index (κ2) is 9.94. The number of alkyl halides is 1. The summed E-state index contributed by atoms with van der Waals surface area (Å²) in [5.74, 6) is 0.125. The number of nitrogen functional groups attached to an aromatic ring is 1. The highest BCUT2D eigenvalue weighted by molar-refractivity contribution is 7.53. The van der Waals surface area contributed by atoms with Crippen molar-refractivity contribution < 1.29 is 46.4 Å². The van der Waals surface area contributed by atoms with Gasteiger partial charge in [-0.05, 0) is 0 Å². The van der Waals surface area contributed by atoms with E-state index in [1.807, 2.05) is 0 Å². The first-order chi connectivity index (χ1) is 20.0. The molecule has 3 aliphatic heterocycles. The second-order valence-corrected chi connectivity index (χ2v) is 13.2. The molecule has 0 amide bonds. The number of nitrogens with two attached hydrogens (primary N) is 1. The van der Waals surface area contributed by atoms with Gasteiger partial charge in [-0.15, -0.1) is 0 Å². The smallest absolute Gasteiger partial charge is 0.382 e. The maximum Gasteiger partial charge on any atom is 0.472 e. The minimum atomic E-state index is -4.87. The van der Waals surface area contributed by atoms with Crippen LogP contribution >= 0.6 is 15.4 Å². The molecular formula is C20H22FN9O10P2. The van der Waals surface area contributed by atoms with Crippen molar-refractivity contribution in [3.63, 3.8) is 0 Å². The molecule has 0 aliphatic carbocycles. The molecule has 6 unspecified atom stereocenters. The zero-order chi connectivity index (χ0) is 29.4. The Kier molecular flexibility index (Phi) is 6.54. The van der Waals surface area contributed by atoms with E-state index in [0.717, 1.165) is 17.2 Å². The van der Waals surface area contributed by atoms with Crippen LogP contribution in [0.25, 0.3) is 22.3 Å². The van der Waals surface area contributed by atoms with Gasteiger partial charge in [0.05, 0.1) is 32.2 Å². The van der Waals surface area contributed by atoms with Crippen LogP contribution in [0.15, 0.2) is 30.1 Å². The van der Waals surface area contributed by atoms with Gasteiger partial charge >= 0.3 is 15.4 Å². The number of hydrogen-bond donors (Lipinski definition) is 4. The lowest BCUT2D eigenvalue weighted by Gasteiger charge is -2.24. The number of ether oxygens (including phenoxy) is 2. The summed E-state index contributed by atoms with van der Waals surface area (Å²) in [6.07, 6.45) is -3.81. The first-order valence-corrected chi connectivity index (χ1v) is 15.6. The van der Waals surface area contributed by atoms with Crippen molar-refractivity contribution in [2.24, 2.45) is 0 Å². The number of nitrogens with one attached hydrogen (secondary N) is 1. The minimum Gasteiger partial charge on any atom is -0.382 e. The summed E-state index contributed by atoms with van der Waals surface area (Å²) in [6, 6.07) is 0. The predicted molar refractivity (Wildman–Crippen MR) is 135 cm³/mol. The number of nitrogens with zero attached hydrogens (tertiary/aromatic N) is 7. The lowest BCUT2D eigenvalue weighted by Crippen LogP contribution is -2.33. The van der Waals surface area contributed by atoms with Crippen LogP contribution in [-0.4, -0.2) is 92.2 Å². The number of phosphoric acid groups is 1. The molecule has 7 rings (SSSR count). The van der Waals surface area contributed by atoms with Crippen LogP contribution in [-0.2, 0) is 32.2 Å². The third-order valence-electron chi connectivity index (χ3n) is 7.28. The number of halogens is 1. The van der Waals surface area contributed by atoms with Gasteiger partial charge in [0, 0.05) is 6.42 Å². The topological polar surface area (TPSA) is 254 Å². The van der Waals surface area contributed by atoms with Crippen molar-refractivity contribution in [2.75, 3.05) is 18.9 Å². The van der Waals surface area contributed by atoms with Gasteiger partial charge in [0.1, 0.15) is 42.0 Å². The normalized spacial score (nSPS) is 37.5. The Morgan fingerprint density at radius 1 is 0.952 bits per heavy atom. The summed E-state index contributed by atoms with van der Waals surface area (Å²) in [4.78, 5) is 56.0. The molecule has 0 saturated carbocycles. The quantitative estimate of drug-likeness (QED) is 0.215. The van der Waals surface area contributed by atoms with Gasteiger partial charge in [-0.25, -0.2) is 33.9 Å². The molecule has 3 saturated heterocycles. The fourth-order valence-electron chi connectivity index (χ4n) is 5.35. The number of aromatic nitrogens is 8. The Morgan fingerprint density at radius 2 is 1.69 bits per heavy atom. The van der Waals surface area contributed by atoms with Crippen LogP contribution in [0.1, 0.15) is 18.9 Å². The lowest BCUT2D eigenvalue weighted by atomic mass is 10.2. The van der Waals surface area contributed by atoms with Gasteiger partial charge < -0.3 is 34.5 Å². The zero-order valence-corrected chi connectivity index (χ0v) is 22.9. The Balaban J connectivity index is 1.18. The first-order valence-electron chi connectivity index (χ1n) is 12.4. The van der Waals surface area contributed by atoms with E-state index in [9.17, 15) is 23.7 Å². The van der Waals surface area contributed by atoms with Gasteiger partial charge in [0.2, 0.25) is 0 Å². The standard InChI is InChI=1S/C20H22FN9O10P2/c21-12-15-10(39-20(12)30-7-28-14-18(30)25-5-26-19(14)31)3-37-42(34,35)40-8-1-11(38-9(8)2-36-41(15,32)33)29-6-27-13-16(22)23-4-24-17(13)29/h4-12,15,20H,1-3H2,(H,32,33)(H,34,35)(H2,22,23,24)(H,25,26,31)/t8-,9?,10?,11?,12+,15+,20?/m0/s1. The lowest BCUT2D eigenvalue weighted by molar-refractivity contribution is -0.0455. The van der Waals surface area contributed by atoms with Crippen LogP contribution in [0.4, 0.5) is 10.2 Å². The molecule has 22 heteroatoms. The fraction of sp³-hybridized carbons (Fsp3) is 0.500. The van der Waals surface area contributed by atoms with Crippen molar-refractivity contribution in [3.05, 3.63) is 35.7 Å². The maximum absolute atomic E-state index is 16.0. The van der Waals surface area contributed by atoms with Gasteiger partial charge in [-0.3, -0.25) is 27.5 Å². The van der Waals surface area contributed by atoms with Gasteiger partial charge in [0.15, 0.2) is 35.0 Å². The second-order valence-electron chi connectivity index (χ2n) is 9.77. The van der Waals surface area contributed by atoms with E-state index in [4.69, 9.17) is 28.8 Å². The molecule has 4 aromatic heterocycles. The predicted octanol–water partition coefficient (Wildman–Crippen LogP) is 0.151. The van der Waals surface area contributed by atoms with Crippen molar-refractivity contribution in [1.82, 2.24) is 39.0 Å². The number of H-pyrrole nitrogens is 1. The molecule has 5 N–H and O–H groups in total. The fourth-order valence-corrected chi connectivity index (χ4v) is 7.93. The largest absolute Gasteiger partial charge is 0.472 e. The molecule has 7 heterocycles. The third kappa shape index (κ3) is 4.55. The van der Waals surface area contributed by atoms with E-state index in [2.05, 4.69) is 29.9 Å². The third-order valence-corrected chi connectivity index (χ3v) is 10.2. The van der Waals surface area contributed by atoms with E-state index in [-0.39, 0.29) is 23.4 Å². The summed E-state index contributed by atoms with van der Waals surface area (Å²) in [6.45, 7) is -1.43. The molecule has 0 bridgehead atoms. The Labute approximate surface area is 232 Å². The van der Waals surface area contributed by atoms with Crippen molar-refractivity contribution in [1.29, 1.82) is 0 Å². The molecule has 42 heavy (non-hydrogen) atoms. The highest BCUT2D eigenvalue weighted by Gasteiger charge is 2.57. The highest BCUT2D eigenvalue weighted by atomic mass is 31.2. The molecule has 4 aromatic rings. The zero-order valence-electron chi connectivity index (χ0n) is 21.1. The monoisotopic (exact) mass is 629 g/mol. The van der Waals surface area contributed by atoms with Crippen LogP contribution in [0.5, 0.6) is 0 Å². The van der Waals surface area contributed by atoms with Gasteiger partial charge in [-0.2, -0.15) is 0 Å². The summed E-state index contributed by atoms with van der Waals surface area (Å²) in [7, 11) is -9.72. The summed E-state index contributed by atoms with van der Waals surface area (Å²) in [5.41, 5.74) is 3.83. The van der Waals surface area contributed by atoms with Crippen molar-refractivity contribution in [3.8, 4) is 0 Å². The summed E-state index contributed by atoms with van der Waals surface area (Å²) < 4.78 is 72.5. The molecular weight excluding hydrogens is 607 g/mol. The average Bonchev–Trinajstić information content (AvgIpc) is 3.70. The van der Waals surface area contributed by atoms with E-state index in [1.165, 1.54) is 17.2 Å². The van der Waals surface area contributed by atoms with Crippen LogP contribution in [0.3, 0.4) is 0 Å². The molecule has 224 valence electrons. The summed E-state index contributed by atoms with van der Waals surface area (Å²) in [5, 5.41) is 0. The van der Waals surface area contributed by atoms with E-state index < -0.39 is 76.8 Å². The highest BCUT2D eigenvalue weighted by Crippen LogP contribution is 2.59. The number of anilines is 1. The van der Waals surface area contributed by atoms with Gasteiger partial charge in [-0.1, -0.05) is 0 Å². The molecule has 0 radical (unpaired) electrons. The number of imidazole rings is 2. The number of rotatable bonds is 2. The number of phosphoric ester groups is 1.